The maximum absolute atomic E-state index is 11.4. The molecule has 0 saturated heterocycles. The van der Waals surface area contributed by atoms with E-state index in [1.165, 1.54) is 6.92 Å². The number of aliphatic carboxylic acids is 1. The van der Waals surface area contributed by atoms with Gasteiger partial charge in [0, 0.05) is 13.0 Å². The molecule has 3 N–H and O–H groups in total. The fourth-order valence-electron chi connectivity index (χ4n) is 1.33. The lowest BCUT2D eigenvalue weighted by Crippen LogP contribution is -2.52. The van der Waals surface area contributed by atoms with E-state index in [-0.39, 0.29) is 5.91 Å². The fourth-order valence-corrected chi connectivity index (χ4v) is 1.33. The molecule has 0 aliphatic heterocycles. The van der Waals surface area contributed by atoms with Crippen molar-refractivity contribution in [2.75, 3.05) is 13.6 Å². The lowest BCUT2D eigenvalue weighted by molar-refractivity contribution is -0.147. The van der Waals surface area contributed by atoms with Crippen molar-refractivity contribution >= 4 is 11.9 Å². The molecule has 15 heavy (non-hydrogen) atoms. The average Bonchev–Trinajstić information content (AvgIpc) is 2.14. The first-order valence-electron chi connectivity index (χ1n) is 5.15. The molecule has 0 aliphatic carbocycles. The normalized spacial score (nSPS) is 14.3. The van der Waals surface area contributed by atoms with E-state index in [1.807, 2.05) is 6.92 Å². The number of hydrogen-bond acceptors (Lipinski definition) is 3. The van der Waals surface area contributed by atoms with Crippen LogP contribution in [0.2, 0.25) is 0 Å². The van der Waals surface area contributed by atoms with Crippen LogP contribution >= 0.6 is 0 Å². The third kappa shape index (κ3) is 4.78. The van der Waals surface area contributed by atoms with Crippen LogP contribution in [0.25, 0.3) is 0 Å². The predicted octanol–water partition coefficient (Wildman–Crippen LogP) is 0.355. The summed E-state index contributed by atoms with van der Waals surface area (Å²) in [5.41, 5.74) is -1.14. The minimum absolute atomic E-state index is 0.234. The summed E-state index contributed by atoms with van der Waals surface area (Å²) in [5, 5.41) is 14.4. The van der Waals surface area contributed by atoms with E-state index < -0.39 is 11.5 Å². The summed E-state index contributed by atoms with van der Waals surface area (Å²) in [4.78, 5) is 22.4. The molecule has 0 radical (unpaired) electrons. The zero-order valence-electron chi connectivity index (χ0n) is 9.59. The summed E-state index contributed by atoms with van der Waals surface area (Å²) in [5.74, 6) is -1.22. The fraction of sp³-hybridized carbons (Fsp3) is 0.800. The van der Waals surface area contributed by atoms with Crippen molar-refractivity contribution in [3.05, 3.63) is 0 Å². The van der Waals surface area contributed by atoms with Crippen LogP contribution in [0.3, 0.4) is 0 Å². The van der Waals surface area contributed by atoms with E-state index >= 15 is 0 Å². The standard InChI is InChI=1S/C10H20N2O3/c1-4-6-10(2,9(14)15)12-8(13)5-7-11-3/h11H,4-7H2,1-3H3,(H,12,13)(H,14,15). The van der Waals surface area contributed by atoms with Crippen LogP contribution in [0.15, 0.2) is 0 Å². The van der Waals surface area contributed by atoms with Gasteiger partial charge in [-0.1, -0.05) is 13.3 Å². The van der Waals surface area contributed by atoms with Gasteiger partial charge in [-0.3, -0.25) is 4.79 Å². The van der Waals surface area contributed by atoms with Crippen molar-refractivity contribution in [3.8, 4) is 0 Å². The number of rotatable bonds is 7. The third-order valence-electron chi connectivity index (χ3n) is 2.24. The first-order chi connectivity index (χ1) is 6.96. The number of hydrogen-bond donors (Lipinski definition) is 3. The summed E-state index contributed by atoms with van der Waals surface area (Å²) in [7, 11) is 1.75. The van der Waals surface area contributed by atoms with Gasteiger partial charge in [-0.25, -0.2) is 4.79 Å². The van der Waals surface area contributed by atoms with Crippen LogP contribution in [0.4, 0.5) is 0 Å². The lowest BCUT2D eigenvalue weighted by Gasteiger charge is -2.25. The van der Waals surface area contributed by atoms with Gasteiger partial charge in [-0.2, -0.15) is 0 Å². The molecule has 0 spiro atoms. The van der Waals surface area contributed by atoms with Crippen LogP contribution in [0.1, 0.15) is 33.1 Å². The van der Waals surface area contributed by atoms with Gasteiger partial charge in [0.15, 0.2) is 0 Å². The Hall–Kier alpha value is -1.10. The van der Waals surface area contributed by atoms with Crippen molar-refractivity contribution in [1.29, 1.82) is 0 Å². The van der Waals surface area contributed by atoms with Crippen LogP contribution < -0.4 is 10.6 Å². The van der Waals surface area contributed by atoms with Gasteiger partial charge >= 0.3 is 5.97 Å². The molecule has 0 aromatic rings. The third-order valence-corrected chi connectivity index (χ3v) is 2.24. The van der Waals surface area contributed by atoms with Crippen LogP contribution in [0.5, 0.6) is 0 Å². The van der Waals surface area contributed by atoms with Gasteiger partial charge in [0.1, 0.15) is 5.54 Å². The monoisotopic (exact) mass is 216 g/mol. The molecule has 0 saturated carbocycles. The van der Waals surface area contributed by atoms with Gasteiger partial charge < -0.3 is 15.7 Å². The molecule has 0 bridgehead atoms. The topological polar surface area (TPSA) is 78.4 Å². The Morgan fingerprint density at radius 3 is 2.40 bits per heavy atom. The van der Waals surface area contributed by atoms with Crippen molar-refractivity contribution in [3.63, 3.8) is 0 Å². The van der Waals surface area contributed by atoms with Gasteiger partial charge in [0.05, 0.1) is 0 Å². The van der Waals surface area contributed by atoms with Crippen LogP contribution in [-0.2, 0) is 9.59 Å². The molecule has 0 heterocycles. The Balaban J connectivity index is 4.28. The molecular formula is C10H20N2O3. The molecule has 88 valence electrons. The smallest absolute Gasteiger partial charge is 0.329 e. The van der Waals surface area contributed by atoms with Gasteiger partial charge in [0.2, 0.25) is 5.91 Å². The Morgan fingerprint density at radius 2 is 2.00 bits per heavy atom. The summed E-state index contributed by atoms with van der Waals surface area (Å²) >= 11 is 0. The molecule has 0 aromatic heterocycles. The second kappa shape index (κ2) is 6.40. The molecule has 1 atom stereocenters. The van der Waals surface area contributed by atoms with E-state index in [2.05, 4.69) is 10.6 Å². The maximum Gasteiger partial charge on any atom is 0.329 e. The number of carboxylic acids is 1. The molecular weight excluding hydrogens is 196 g/mol. The zero-order chi connectivity index (χ0) is 11.9. The first kappa shape index (κ1) is 13.9. The van der Waals surface area contributed by atoms with Crippen molar-refractivity contribution < 1.29 is 14.7 Å². The quantitative estimate of drug-likeness (QED) is 0.574. The minimum Gasteiger partial charge on any atom is -0.480 e. The zero-order valence-corrected chi connectivity index (χ0v) is 9.59. The first-order valence-corrected chi connectivity index (χ1v) is 5.15. The number of carbonyl (C=O) groups excluding carboxylic acids is 1. The minimum atomic E-state index is -1.14. The number of carboxylic acid groups (broad SMARTS) is 1. The highest BCUT2D eigenvalue weighted by Gasteiger charge is 2.33. The van der Waals surface area contributed by atoms with E-state index in [0.717, 1.165) is 6.42 Å². The Labute approximate surface area is 90.2 Å². The molecule has 5 heteroatoms. The number of amides is 1. The largest absolute Gasteiger partial charge is 0.480 e. The second-order valence-corrected chi connectivity index (χ2v) is 3.79. The Kier molecular flexibility index (Phi) is 5.93. The molecule has 5 nitrogen and oxygen atoms in total. The highest BCUT2D eigenvalue weighted by molar-refractivity contribution is 5.86. The highest BCUT2D eigenvalue weighted by atomic mass is 16.4. The van der Waals surface area contributed by atoms with Gasteiger partial charge in [-0.15, -0.1) is 0 Å². The van der Waals surface area contributed by atoms with Crippen molar-refractivity contribution in [1.82, 2.24) is 10.6 Å². The summed E-state index contributed by atoms with van der Waals surface area (Å²) in [6, 6.07) is 0. The molecule has 1 amide bonds. The van der Waals surface area contributed by atoms with Crippen LogP contribution in [-0.4, -0.2) is 36.1 Å². The molecule has 1 unspecified atom stereocenters. The predicted molar refractivity (Wildman–Crippen MR) is 57.6 cm³/mol. The SMILES string of the molecule is CCCC(C)(NC(=O)CCNC)C(=O)O. The van der Waals surface area contributed by atoms with Crippen molar-refractivity contribution in [2.45, 2.75) is 38.6 Å². The van der Waals surface area contributed by atoms with Gasteiger partial charge in [0.25, 0.3) is 0 Å². The lowest BCUT2D eigenvalue weighted by atomic mass is 9.96. The van der Waals surface area contributed by atoms with E-state index in [1.54, 1.807) is 7.05 Å². The van der Waals surface area contributed by atoms with E-state index in [9.17, 15) is 9.59 Å². The summed E-state index contributed by atoms with van der Waals surface area (Å²) in [6.45, 7) is 3.98. The Bertz CT molecular complexity index is 231. The average molecular weight is 216 g/mol. The summed E-state index contributed by atoms with van der Waals surface area (Å²) in [6.07, 6.45) is 1.45. The van der Waals surface area contributed by atoms with E-state index in [0.29, 0.717) is 19.4 Å². The number of nitrogens with one attached hydrogen (secondary N) is 2. The number of carbonyl (C=O) groups is 2. The Morgan fingerprint density at radius 1 is 1.40 bits per heavy atom. The maximum atomic E-state index is 11.4. The van der Waals surface area contributed by atoms with E-state index in [4.69, 9.17) is 5.11 Å². The van der Waals surface area contributed by atoms with Crippen LogP contribution in [0, 0.1) is 0 Å². The van der Waals surface area contributed by atoms with Crippen molar-refractivity contribution in [2.24, 2.45) is 0 Å². The van der Waals surface area contributed by atoms with Gasteiger partial charge in [-0.05, 0) is 20.4 Å². The highest BCUT2D eigenvalue weighted by Crippen LogP contribution is 2.12. The molecule has 0 aliphatic rings. The summed E-state index contributed by atoms with van der Waals surface area (Å²) < 4.78 is 0. The molecule has 0 rings (SSSR count). The second-order valence-electron chi connectivity index (χ2n) is 3.79. The molecule has 0 aromatic carbocycles. The molecule has 0 fully saturated rings.